The molecule has 5 aromatic rings. The first-order valence-electron chi connectivity index (χ1n) is 9.77. The predicted molar refractivity (Wildman–Crippen MR) is 122 cm³/mol. The number of phenols is 1. The Hall–Kier alpha value is -4.05. The summed E-state index contributed by atoms with van der Waals surface area (Å²) in [5.74, 6) is 0.201. The maximum absolute atomic E-state index is 13.5. The highest BCUT2D eigenvalue weighted by Gasteiger charge is 2.30. The molecule has 2 aromatic carbocycles. The van der Waals surface area contributed by atoms with E-state index < -0.39 is 9.84 Å². The zero-order valence-electron chi connectivity index (χ0n) is 17.3. The number of aromatic nitrogens is 4. The van der Waals surface area contributed by atoms with Crippen molar-refractivity contribution in [3.8, 4) is 17.0 Å². The Morgan fingerprint density at radius 1 is 1.09 bits per heavy atom. The van der Waals surface area contributed by atoms with Crippen LogP contribution in [0.2, 0.25) is 0 Å². The summed E-state index contributed by atoms with van der Waals surface area (Å²) in [6.45, 7) is 0. The number of anilines is 2. The zero-order chi connectivity index (χ0) is 22.6. The first-order valence-corrected chi connectivity index (χ1v) is 11.2. The fourth-order valence-electron chi connectivity index (χ4n) is 3.88. The van der Waals surface area contributed by atoms with Crippen LogP contribution in [-0.4, -0.2) is 39.7 Å². The number of hydrogen-bond acceptors (Lipinski definition) is 7. The van der Waals surface area contributed by atoms with E-state index in [1.54, 1.807) is 13.1 Å². The summed E-state index contributed by atoms with van der Waals surface area (Å²) >= 11 is 0. The second-order valence-electron chi connectivity index (χ2n) is 7.40. The van der Waals surface area contributed by atoms with E-state index >= 15 is 0 Å². The fraction of sp³-hybridized carbons (Fsp3) is 0.0909. The number of aryl methyl sites for hydroxylation is 1. The highest BCUT2D eigenvalue weighted by Crippen LogP contribution is 2.35. The third kappa shape index (κ3) is 2.88. The zero-order valence-corrected chi connectivity index (χ0v) is 18.1. The van der Waals surface area contributed by atoms with Crippen LogP contribution in [-0.2, 0) is 16.9 Å². The van der Waals surface area contributed by atoms with E-state index in [0.29, 0.717) is 5.69 Å². The highest BCUT2D eigenvalue weighted by atomic mass is 32.2. The van der Waals surface area contributed by atoms with Crippen LogP contribution in [0.4, 0.5) is 11.6 Å². The number of hydrogen-bond donors (Lipinski definition) is 3. The molecule has 32 heavy (non-hydrogen) atoms. The van der Waals surface area contributed by atoms with Crippen molar-refractivity contribution in [3.63, 3.8) is 0 Å². The van der Waals surface area contributed by atoms with Crippen LogP contribution in [0.15, 0.2) is 70.6 Å². The van der Waals surface area contributed by atoms with Gasteiger partial charge in [-0.15, -0.1) is 5.10 Å². The Labute approximate surface area is 183 Å². The van der Waals surface area contributed by atoms with Gasteiger partial charge in [-0.3, -0.25) is 0 Å². The molecule has 0 bridgehead atoms. The van der Waals surface area contributed by atoms with Gasteiger partial charge in [0.1, 0.15) is 11.6 Å². The molecule has 0 spiro atoms. The molecule has 0 aliphatic carbocycles. The molecule has 0 fully saturated rings. The third-order valence-corrected chi connectivity index (χ3v) is 7.17. The summed E-state index contributed by atoms with van der Waals surface area (Å²) in [7, 11) is -0.561. The standard InChI is InChI=1S/C22H20N6O3S/c1-24-21-20(32(30,31)14-7-5-6-13(29)10-14)22-25-17(11-19(23)28(22)26-21)16-12-27(2)18-9-4-3-8-15(16)18/h3-12,29H,23H2,1-2H3,(H,24,26). The summed E-state index contributed by atoms with van der Waals surface area (Å²) in [4.78, 5) is 4.50. The van der Waals surface area contributed by atoms with Crippen molar-refractivity contribution in [1.82, 2.24) is 19.2 Å². The smallest absolute Gasteiger partial charge is 0.214 e. The van der Waals surface area contributed by atoms with Crippen LogP contribution < -0.4 is 11.1 Å². The van der Waals surface area contributed by atoms with Gasteiger partial charge in [0.2, 0.25) is 9.84 Å². The fourth-order valence-corrected chi connectivity index (χ4v) is 5.42. The molecular formula is C22H20N6O3S. The van der Waals surface area contributed by atoms with E-state index in [-0.39, 0.29) is 32.8 Å². The van der Waals surface area contributed by atoms with Crippen LogP contribution >= 0.6 is 0 Å². The van der Waals surface area contributed by atoms with Gasteiger partial charge in [0.25, 0.3) is 0 Å². The van der Waals surface area contributed by atoms with Crippen molar-refractivity contribution < 1.29 is 13.5 Å². The highest BCUT2D eigenvalue weighted by molar-refractivity contribution is 7.91. The minimum Gasteiger partial charge on any atom is -0.508 e. The molecule has 0 saturated carbocycles. The number of rotatable bonds is 4. The Balaban J connectivity index is 1.82. The number of benzene rings is 2. The number of nitrogens with zero attached hydrogens (tertiary/aromatic N) is 4. The first-order chi connectivity index (χ1) is 15.3. The lowest BCUT2D eigenvalue weighted by Crippen LogP contribution is -2.06. The lowest BCUT2D eigenvalue weighted by Gasteiger charge is -2.07. The minimum absolute atomic E-state index is 0.0696. The molecule has 0 saturated heterocycles. The monoisotopic (exact) mass is 448 g/mol. The Morgan fingerprint density at radius 2 is 1.88 bits per heavy atom. The average molecular weight is 449 g/mol. The normalized spacial score (nSPS) is 11.9. The molecule has 0 amide bonds. The molecule has 0 radical (unpaired) electrons. The maximum atomic E-state index is 13.5. The van der Waals surface area contributed by atoms with Crippen LogP contribution in [0.5, 0.6) is 5.75 Å². The summed E-state index contributed by atoms with van der Waals surface area (Å²) in [6, 6.07) is 15.0. The van der Waals surface area contributed by atoms with Crippen LogP contribution in [0, 0.1) is 0 Å². The largest absolute Gasteiger partial charge is 0.508 e. The van der Waals surface area contributed by atoms with Crippen LogP contribution in [0.1, 0.15) is 0 Å². The number of nitrogens with one attached hydrogen (secondary N) is 1. The number of phenolic OH excluding ortho intramolecular Hbond substituents is 1. The molecule has 0 unspecified atom stereocenters. The van der Waals surface area contributed by atoms with Gasteiger partial charge >= 0.3 is 0 Å². The van der Waals surface area contributed by atoms with E-state index in [1.165, 1.54) is 28.8 Å². The van der Waals surface area contributed by atoms with E-state index in [4.69, 9.17) is 5.73 Å². The average Bonchev–Trinajstić information content (AvgIpc) is 3.32. The van der Waals surface area contributed by atoms with E-state index in [9.17, 15) is 13.5 Å². The van der Waals surface area contributed by atoms with Crippen molar-refractivity contribution in [1.29, 1.82) is 0 Å². The van der Waals surface area contributed by atoms with Gasteiger partial charge in [-0.1, -0.05) is 24.3 Å². The number of sulfone groups is 1. The quantitative estimate of drug-likeness (QED) is 0.385. The van der Waals surface area contributed by atoms with Gasteiger partial charge in [0, 0.05) is 42.8 Å². The van der Waals surface area contributed by atoms with Crippen molar-refractivity contribution in [2.24, 2.45) is 7.05 Å². The van der Waals surface area contributed by atoms with Gasteiger partial charge in [0.05, 0.1) is 10.6 Å². The predicted octanol–water partition coefficient (Wildman–Crippen LogP) is 3.05. The molecule has 0 aliphatic rings. The molecule has 0 atom stereocenters. The van der Waals surface area contributed by atoms with Crippen molar-refractivity contribution >= 4 is 38.0 Å². The second kappa shape index (κ2) is 6.99. The summed E-state index contributed by atoms with van der Waals surface area (Å²) < 4.78 is 30.3. The third-order valence-electron chi connectivity index (χ3n) is 5.38. The van der Waals surface area contributed by atoms with E-state index in [1.807, 2.05) is 42.1 Å². The molecule has 5 rings (SSSR count). The Morgan fingerprint density at radius 3 is 2.62 bits per heavy atom. The SMILES string of the molecule is CNc1nn2c(N)cc(-c3cn(C)c4ccccc34)nc2c1S(=O)(=O)c1cccc(O)c1. The molecular weight excluding hydrogens is 428 g/mol. The number of nitrogen functional groups attached to an aromatic ring is 1. The summed E-state index contributed by atoms with van der Waals surface area (Å²) in [6.07, 6.45) is 1.93. The second-order valence-corrected chi connectivity index (χ2v) is 9.29. The molecule has 0 aliphatic heterocycles. The van der Waals surface area contributed by atoms with E-state index in [2.05, 4.69) is 15.4 Å². The van der Waals surface area contributed by atoms with Gasteiger partial charge in [-0.2, -0.15) is 4.52 Å². The summed E-state index contributed by atoms with van der Waals surface area (Å²) in [5.41, 5.74) is 8.74. The van der Waals surface area contributed by atoms with Crippen molar-refractivity contribution in [2.45, 2.75) is 9.79 Å². The lowest BCUT2D eigenvalue weighted by atomic mass is 10.1. The number of para-hydroxylation sites is 1. The number of nitrogens with two attached hydrogens (primary N) is 1. The Bertz CT molecular complexity index is 1620. The molecule has 9 nitrogen and oxygen atoms in total. The van der Waals surface area contributed by atoms with Gasteiger partial charge in [0.15, 0.2) is 16.4 Å². The van der Waals surface area contributed by atoms with Gasteiger partial charge in [-0.25, -0.2) is 13.4 Å². The summed E-state index contributed by atoms with van der Waals surface area (Å²) in [5, 5.41) is 17.9. The molecule has 3 aromatic heterocycles. The van der Waals surface area contributed by atoms with Crippen LogP contribution in [0.3, 0.4) is 0 Å². The number of aromatic hydroxyl groups is 1. The van der Waals surface area contributed by atoms with Crippen molar-refractivity contribution in [3.05, 3.63) is 60.8 Å². The minimum atomic E-state index is -4.07. The molecule has 10 heteroatoms. The van der Waals surface area contributed by atoms with E-state index in [0.717, 1.165) is 16.5 Å². The Kier molecular flexibility index (Phi) is 4.34. The van der Waals surface area contributed by atoms with Crippen molar-refractivity contribution in [2.75, 3.05) is 18.1 Å². The van der Waals surface area contributed by atoms with Gasteiger partial charge < -0.3 is 20.7 Å². The lowest BCUT2D eigenvalue weighted by molar-refractivity contribution is 0.473. The van der Waals surface area contributed by atoms with Crippen LogP contribution in [0.25, 0.3) is 27.8 Å². The topological polar surface area (TPSA) is 128 Å². The molecule has 162 valence electrons. The molecule has 4 N–H and O–H groups in total. The number of fused-ring (bicyclic) bond motifs is 2. The van der Waals surface area contributed by atoms with Gasteiger partial charge in [-0.05, 0) is 24.3 Å². The molecule has 3 heterocycles. The first kappa shape index (κ1) is 19.9. The maximum Gasteiger partial charge on any atom is 0.214 e.